The van der Waals surface area contributed by atoms with Gasteiger partial charge in [-0.05, 0) is 40.1 Å². The van der Waals surface area contributed by atoms with Crippen LogP contribution in [0.3, 0.4) is 0 Å². The molecule has 0 spiro atoms. The predicted octanol–water partition coefficient (Wildman–Crippen LogP) is 1.67. The zero-order valence-electron chi connectivity index (χ0n) is 15.8. The van der Waals surface area contributed by atoms with E-state index in [1.807, 2.05) is 18.2 Å². The van der Waals surface area contributed by atoms with Crippen LogP contribution < -0.4 is 15.9 Å². The molecule has 2 aromatic carbocycles. The summed E-state index contributed by atoms with van der Waals surface area (Å²) in [6, 6.07) is 16.3. The molecular formula is C19H16N8O3. The molecule has 0 aliphatic rings. The van der Waals surface area contributed by atoms with E-state index in [4.69, 9.17) is 10.5 Å². The highest BCUT2D eigenvalue weighted by molar-refractivity contribution is 5.98. The van der Waals surface area contributed by atoms with Crippen LogP contribution in [0.15, 0.2) is 64.3 Å². The third kappa shape index (κ3) is 3.71. The monoisotopic (exact) mass is 404 g/mol. The summed E-state index contributed by atoms with van der Waals surface area (Å²) in [6.45, 7) is 0. The highest BCUT2D eigenvalue weighted by Crippen LogP contribution is 2.26. The van der Waals surface area contributed by atoms with Gasteiger partial charge in [0, 0.05) is 5.56 Å². The summed E-state index contributed by atoms with van der Waals surface area (Å²) in [5.41, 5.74) is 10.1. The van der Waals surface area contributed by atoms with Gasteiger partial charge in [0.2, 0.25) is 11.6 Å². The van der Waals surface area contributed by atoms with Crippen LogP contribution in [-0.2, 0) is 0 Å². The van der Waals surface area contributed by atoms with Crippen molar-refractivity contribution >= 4 is 17.9 Å². The second-order valence-electron chi connectivity index (χ2n) is 6.01. The number of ether oxygens (including phenoxy) is 1. The normalized spacial score (nSPS) is 11.0. The van der Waals surface area contributed by atoms with Crippen LogP contribution >= 0.6 is 0 Å². The van der Waals surface area contributed by atoms with Crippen LogP contribution in [0.2, 0.25) is 0 Å². The summed E-state index contributed by atoms with van der Waals surface area (Å²) in [6.07, 6.45) is 1.50. The minimum absolute atomic E-state index is 0.0153. The quantitative estimate of drug-likeness (QED) is 0.364. The van der Waals surface area contributed by atoms with Crippen LogP contribution in [0.5, 0.6) is 5.75 Å². The van der Waals surface area contributed by atoms with Crippen molar-refractivity contribution in [3.8, 4) is 22.8 Å². The first-order chi connectivity index (χ1) is 14.7. The summed E-state index contributed by atoms with van der Waals surface area (Å²) in [7, 11) is 1.59. The van der Waals surface area contributed by atoms with Crippen molar-refractivity contribution in [1.29, 1.82) is 0 Å². The molecule has 150 valence electrons. The van der Waals surface area contributed by atoms with Gasteiger partial charge in [-0.1, -0.05) is 35.5 Å². The van der Waals surface area contributed by atoms with E-state index in [2.05, 4.69) is 35.8 Å². The Hall–Kier alpha value is -4.54. The molecule has 0 aliphatic heterocycles. The molecule has 0 atom stereocenters. The number of methoxy groups -OCH3 is 1. The molecule has 0 saturated carbocycles. The Kier molecular flexibility index (Phi) is 5.16. The minimum atomic E-state index is -0.556. The van der Waals surface area contributed by atoms with Gasteiger partial charge in [0.15, 0.2) is 5.69 Å². The number of carbonyl (C=O) groups is 1. The van der Waals surface area contributed by atoms with E-state index in [0.717, 1.165) is 11.3 Å². The molecule has 0 bridgehead atoms. The van der Waals surface area contributed by atoms with E-state index in [1.54, 1.807) is 43.5 Å². The van der Waals surface area contributed by atoms with Gasteiger partial charge in [-0.25, -0.2) is 10.1 Å². The van der Waals surface area contributed by atoms with Gasteiger partial charge in [0.05, 0.1) is 13.3 Å². The summed E-state index contributed by atoms with van der Waals surface area (Å²) < 4.78 is 11.0. The number of hydrogen-bond acceptors (Lipinski definition) is 9. The number of benzene rings is 2. The number of nitrogen functional groups attached to an aromatic ring is 1. The molecule has 0 fully saturated rings. The van der Waals surface area contributed by atoms with Crippen LogP contribution in [0.4, 0.5) is 5.82 Å². The SMILES string of the molecule is COc1ccc(/C=N\NC(=O)c2nnn(-c3nonc3N)c2-c2ccccc2)cc1. The molecule has 0 saturated heterocycles. The zero-order valence-corrected chi connectivity index (χ0v) is 15.8. The van der Waals surface area contributed by atoms with E-state index < -0.39 is 5.91 Å². The molecule has 2 heterocycles. The molecular weight excluding hydrogens is 388 g/mol. The Morgan fingerprint density at radius 2 is 1.93 bits per heavy atom. The van der Waals surface area contributed by atoms with Crippen LogP contribution in [0.25, 0.3) is 17.1 Å². The van der Waals surface area contributed by atoms with Crippen LogP contribution in [-0.4, -0.2) is 44.5 Å². The van der Waals surface area contributed by atoms with Gasteiger partial charge < -0.3 is 10.5 Å². The maximum atomic E-state index is 12.7. The van der Waals surface area contributed by atoms with Gasteiger partial charge in [0.25, 0.3) is 5.91 Å². The molecule has 30 heavy (non-hydrogen) atoms. The van der Waals surface area contributed by atoms with Crippen molar-refractivity contribution in [1.82, 2.24) is 30.7 Å². The molecule has 4 aromatic rings. The Labute approximate surface area is 170 Å². The lowest BCUT2D eigenvalue weighted by atomic mass is 10.1. The Bertz CT molecular complexity index is 1180. The number of nitrogens with zero attached hydrogens (tertiary/aromatic N) is 6. The number of aromatic nitrogens is 5. The van der Waals surface area contributed by atoms with E-state index in [0.29, 0.717) is 11.3 Å². The molecule has 0 radical (unpaired) electrons. The summed E-state index contributed by atoms with van der Waals surface area (Å²) in [4.78, 5) is 12.7. The highest BCUT2D eigenvalue weighted by Gasteiger charge is 2.24. The van der Waals surface area contributed by atoms with Gasteiger partial charge in [0.1, 0.15) is 11.4 Å². The van der Waals surface area contributed by atoms with Gasteiger partial charge >= 0.3 is 0 Å². The van der Waals surface area contributed by atoms with Crippen molar-refractivity contribution in [2.24, 2.45) is 5.10 Å². The maximum Gasteiger partial charge on any atom is 0.294 e. The zero-order chi connectivity index (χ0) is 20.9. The van der Waals surface area contributed by atoms with Crippen molar-refractivity contribution < 1.29 is 14.2 Å². The average Bonchev–Trinajstić information content (AvgIpc) is 3.40. The van der Waals surface area contributed by atoms with Crippen LogP contribution in [0, 0.1) is 0 Å². The molecule has 4 rings (SSSR count). The van der Waals surface area contributed by atoms with Crippen LogP contribution in [0.1, 0.15) is 16.1 Å². The van der Waals surface area contributed by atoms with E-state index in [1.165, 1.54) is 10.9 Å². The summed E-state index contributed by atoms with van der Waals surface area (Å²) in [5, 5.41) is 19.3. The molecule has 2 aromatic heterocycles. The third-order valence-corrected chi connectivity index (χ3v) is 4.12. The first-order valence-corrected chi connectivity index (χ1v) is 8.74. The summed E-state index contributed by atoms with van der Waals surface area (Å²) in [5.74, 6) is 0.311. The first-order valence-electron chi connectivity index (χ1n) is 8.74. The smallest absolute Gasteiger partial charge is 0.294 e. The maximum absolute atomic E-state index is 12.7. The Balaban J connectivity index is 1.63. The molecule has 0 aliphatic carbocycles. The second kappa shape index (κ2) is 8.22. The average molecular weight is 404 g/mol. The number of nitrogens with two attached hydrogens (primary N) is 1. The molecule has 3 N–H and O–H groups in total. The lowest BCUT2D eigenvalue weighted by Gasteiger charge is -2.05. The number of amides is 1. The fourth-order valence-electron chi connectivity index (χ4n) is 2.68. The highest BCUT2D eigenvalue weighted by atomic mass is 16.6. The first kappa shape index (κ1) is 18.8. The molecule has 11 heteroatoms. The molecule has 0 unspecified atom stereocenters. The van der Waals surface area contributed by atoms with E-state index >= 15 is 0 Å². The lowest BCUT2D eigenvalue weighted by molar-refractivity contribution is 0.0950. The number of anilines is 1. The Morgan fingerprint density at radius 3 is 2.60 bits per heavy atom. The van der Waals surface area contributed by atoms with Crippen molar-refractivity contribution in [3.63, 3.8) is 0 Å². The number of carbonyl (C=O) groups excluding carboxylic acids is 1. The third-order valence-electron chi connectivity index (χ3n) is 4.12. The number of hydrogen-bond donors (Lipinski definition) is 2. The predicted molar refractivity (Wildman–Crippen MR) is 107 cm³/mol. The topological polar surface area (TPSA) is 146 Å². The fraction of sp³-hybridized carbons (Fsp3) is 0.0526. The van der Waals surface area contributed by atoms with Crippen molar-refractivity contribution in [2.75, 3.05) is 12.8 Å². The standard InChI is InChI=1S/C19H16N8O3/c1-29-14-9-7-12(8-10-14)11-21-23-19(28)15-16(13-5-3-2-4-6-13)27(26-22-15)18-17(20)24-30-25-18/h2-11H,1H3,(H2,20,24)(H,23,28)/b21-11-. The van der Waals surface area contributed by atoms with E-state index in [9.17, 15) is 4.79 Å². The van der Waals surface area contributed by atoms with Gasteiger partial charge in [-0.2, -0.15) is 9.78 Å². The van der Waals surface area contributed by atoms with Crippen molar-refractivity contribution in [2.45, 2.75) is 0 Å². The lowest BCUT2D eigenvalue weighted by Crippen LogP contribution is -2.19. The van der Waals surface area contributed by atoms with Gasteiger partial charge in [-0.3, -0.25) is 4.79 Å². The largest absolute Gasteiger partial charge is 0.497 e. The minimum Gasteiger partial charge on any atom is -0.497 e. The Morgan fingerprint density at radius 1 is 1.17 bits per heavy atom. The molecule has 1 amide bonds. The number of hydrazone groups is 1. The number of rotatable bonds is 6. The summed E-state index contributed by atoms with van der Waals surface area (Å²) >= 11 is 0. The molecule has 11 nitrogen and oxygen atoms in total. The van der Waals surface area contributed by atoms with Crippen molar-refractivity contribution in [3.05, 3.63) is 65.9 Å². The number of nitrogens with one attached hydrogen (secondary N) is 1. The second-order valence-corrected chi connectivity index (χ2v) is 6.01. The fourth-order valence-corrected chi connectivity index (χ4v) is 2.68. The van der Waals surface area contributed by atoms with Gasteiger partial charge in [-0.15, -0.1) is 5.10 Å². The van der Waals surface area contributed by atoms with E-state index in [-0.39, 0.29) is 17.3 Å².